The molecule has 1 unspecified atom stereocenters. The lowest BCUT2D eigenvalue weighted by Gasteiger charge is -2.16. The molecule has 1 aromatic heterocycles. The van der Waals surface area contributed by atoms with Crippen molar-refractivity contribution in [3.05, 3.63) is 56.8 Å². The predicted octanol–water partition coefficient (Wildman–Crippen LogP) is 5.00. The maximum absolute atomic E-state index is 6.54. The zero-order valence-electron chi connectivity index (χ0n) is 9.75. The average molecular weight is 251 g/mol. The number of hydrogen-bond acceptors (Lipinski definition) is 1. The molecule has 0 aliphatic heterocycles. The van der Waals surface area contributed by atoms with Crippen LogP contribution in [0.3, 0.4) is 0 Å². The van der Waals surface area contributed by atoms with Crippen LogP contribution in [-0.4, -0.2) is 0 Å². The number of thiophene rings is 1. The van der Waals surface area contributed by atoms with Gasteiger partial charge in [0, 0.05) is 0 Å². The Hall–Kier alpha value is -0.790. The fourth-order valence-electron chi connectivity index (χ4n) is 2.18. The summed E-state index contributed by atoms with van der Waals surface area (Å²) in [6, 6.07) is 6.50. The van der Waals surface area contributed by atoms with Crippen molar-refractivity contribution in [3.63, 3.8) is 0 Å². The third-order valence-corrected chi connectivity index (χ3v) is 4.00. The van der Waals surface area contributed by atoms with Crippen molar-refractivity contribution in [3.8, 4) is 0 Å². The van der Waals surface area contributed by atoms with Crippen molar-refractivity contribution in [2.45, 2.75) is 26.1 Å². The van der Waals surface area contributed by atoms with Gasteiger partial charge in [-0.3, -0.25) is 0 Å². The molecule has 0 radical (unpaired) electrons. The zero-order chi connectivity index (χ0) is 11.7. The summed E-state index contributed by atoms with van der Waals surface area (Å²) < 4.78 is 0. The van der Waals surface area contributed by atoms with E-state index >= 15 is 0 Å². The second-order valence-corrected chi connectivity index (χ2v) is 5.45. The molecule has 1 aromatic carbocycles. The van der Waals surface area contributed by atoms with Crippen LogP contribution in [0, 0.1) is 20.8 Å². The normalized spacial score (nSPS) is 12.8. The fourth-order valence-corrected chi connectivity index (χ4v) is 3.42. The Bertz CT molecular complexity index is 462. The molecule has 2 rings (SSSR count). The largest absolute Gasteiger partial charge is 0.152 e. The predicted molar refractivity (Wildman–Crippen MR) is 72.7 cm³/mol. The van der Waals surface area contributed by atoms with Crippen LogP contribution >= 0.6 is 22.9 Å². The molecule has 0 aliphatic rings. The molecule has 0 nitrogen and oxygen atoms in total. The monoisotopic (exact) mass is 250 g/mol. The summed E-state index contributed by atoms with van der Waals surface area (Å²) >= 11 is 8.24. The molecule has 1 heterocycles. The van der Waals surface area contributed by atoms with E-state index in [1.54, 1.807) is 11.3 Å². The molecule has 0 fully saturated rings. The summed E-state index contributed by atoms with van der Waals surface area (Å²) in [5.74, 6) is 0. The summed E-state index contributed by atoms with van der Waals surface area (Å²) in [6.45, 7) is 6.39. The highest BCUT2D eigenvalue weighted by Crippen LogP contribution is 2.34. The summed E-state index contributed by atoms with van der Waals surface area (Å²) in [5.41, 5.74) is 6.31. The first kappa shape index (κ1) is 11.7. The topological polar surface area (TPSA) is 0 Å². The molecular weight excluding hydrogens is 236 g/mol. The zero-order valence-corrected chi connectivity index (χ0v) is 11.3. The number of rotatable bonds is 2. The molecule has 2 aromatic rings. The Balaban J connectivity index is 2.48. The minimum atomic E-state index is -0.0214. The highest BCUT2D eigenvalue weighted by Gasteiger charge is 2.16. The Morgan fingerprint density at radius 3 is 2.25 bits per heavy atom. The van der Waals surface area contributed by atoms with Gasteiger partial charge < -0.3 is 0 Å². The van der Waals surface area contributed by atoms with E-state index in [1.807, 2.05) is 0 Å². The third kappa shape index (κ3) is 2.16. The molecule has 0 spiro atoms. The van der Waals surface area contributed by atoms with Crippen molar-refractivity contribution < 1.29 is 0 Å². The molecule has 16 heavy (non-hydrogen) atoms. The summed E-state index contributed by atoms with van der Waals surface area (Å²) in [4.78, 5) is 0. The van der Waals surface area contributed by atoms with Gasteiger partial charge in [0.15, 0.2) is 0 Å². The molecule has 0 bridgehead atoms. The van der Waals surface area contributed by atoms with Crippen LogP contribution in [0.1, 0.15) is 33.2 Å². The lowest BCUT2D eigenvalue weighted by atomic mass is 9.95. The van der Waals surface area contributed by atoms with Crippen molar-refractivity contribution in [2.75, 3.05) is 0 Å². The second kappa shape index (κ2) is 4.60. The van der Waals surface area contributed by atoms with E-state index in [0.717, 1.165) is 0 Å². The van der Waals surface area contributed by atoms with E-state index in [0.29, 0.717) is 0 Å². The first-order chi connectivity index (χ1) is 7.59. The lowest BCUT2D eigenvalue weighted by Crippen LogP contribution is -1.99. The van der Waals surface area contributed by atoms with E-state index in [-0.39, 0.29) is 5.38 Å². The van der Waals surface area contributed by atoms with Crippen molar-refractivity contribution >= 4 is 22.9 Å². The fraction of sp³-hybridized carbons (Fsp3) is 0.286. The molecule has 0 saturated heterocycles. The number of hydrogen-bond donors (Lipinski definition) is 0. The molecule has 2 heteroatoms. The van der Waals surface area contributed by atoms with Crippen LogP contribution in [0.2, 0.25) is 0 Å². The van der Waals surface area contributed by atoms with Crippen LogP contribution in [0.15, 0.2) is 29.0 Å². The second-order valence-electron chi connectivity index (χ2n) is 4.23. The summed E-state index contributed by atoms with van der Waals surface area (Å²) in [5, 5.41) is 4.17. The summed E-state index contributed by atoms with van der Waals surface area (Å²) in [7, 11) is 0. The van der Waals surface area contributed by atoms with Crippen LogP contribution in [-0.2, 0) is 0 Å². The molecule has 0 saturated carbocycles. The lowest BCUT2D eigenvalue weighted by molar-refractivity contribution is 1.08. The molecule has 1 atom stereocenters. The quantitative estimate of drug-likeness (QED) is 0.658. The van der Waals surface area contributed by atoms with E-state index in [1.165, 1.54) is 27.8 Å². The first-order valence-corrected chi connectivity index (χ1v) is 6.71. The highest BCUT2D eigenvalue weighted by atomic mass is 35.5. The Kier molecular flexibility index (Phi) is 3.36. The van der Waals surface area contributed by atoms with Gasteiger partial charge in [-0.1, -0.05) is 17.7 Å². The van der Waals surface area contributed by atoms with Gasteiger partial charge in [0.1, 0.15) is 0 Å². The van der Waals surface area contributed by atoms with E-state index < -0.39 is 0 Å². The SMILES string of the molecule is Cc1cc(C)c(C(Cl)c2ccsc2)c(C)c1. The Labute approximate surface area is 106 Å². The molecule has 0 aliphatic carbocycles. The maximum atomic E-state index is 6.54. The minimum Gasteiger partial charge on any atom is -0.152 e. The van der Waals surface area contributed by atoms with Gasteiger partial charge in [0.2, 0.25) is 0 Å². The molecule has 84 valence electrons. The van der Waals surface area contributed by atoms with Gasteiger partial charge in [-0.25, -0.2) is 0 Å². The van der Waals surface area contributed by atoms with E-state index in [9.17, 15) is 0 Å². The van der Waals surface area contributed by atoms with Crippen molar-refractivity contribution in [1.29, 1.82) is 0 Å². The van der Waals surface area contributed by atoms with E-state index in [4.69, 9.17) is 11.6 Å². The Morgan fingerprint density at radius 2 is 1.75 bits per heavy atom. The van der Waals surface area contributed by atoms with Crippen molar-refractivity contribution in [1.82, 2.24) is 0 Å². The van der Waals surface area contributed by atoms with Gasteiger partial charge in [-0.05, 0) is 59.9 Å². The minimum absolute atomic E-state index is 0.0214. The summed E-state index contributed by atoms with van der Waals surface area (Å²) in [6.07, 6.45) is 0. The smallest absolute Gasteiger partial charge is 0.0848 e. The van der Waals surface area contributed by atoms with Crippen LogP contribution in [0.4, 0.5) is 0 Å². The average Bonchev–Trinajstić information content (AvgIpc) is 2.67. The number of alkyl halides is 1. The van der Waals surface area contributed by atoms with Crippen molar-refractivity contribution in [2.24, 2.45) is 0 Å². The maximum Gasteiger partial charge on any atom is 0.0848 e. The molecule has 0 amide bonds. The number of halogens is 1. The van der Waals surface area contributed by atoms with Crippen LogP contribution in [0.25, 0.3) is 0 Å². The Morgan fingerprint density at radius 1 is 1.12 bits per heavy atom. The van der Waals surface area contributed by atoms with E-state index in [2.05, 4.69) is 49.7 Å². The van der Waals surface area contributed by atoms with Gasteiger partial charge in [-0.2, -0.15) is 11.3 Å². The van der Waals surface area contributed by atoms with Gasteiger partial charge in [0.25, 0.3) is 0 Å². The highest BCUT2D eigenvalue weighted by molar-refractivity contribution is 7.08. The van der Waals surface area contributed by atoms with Crippen LogP contribution in [0.5, 0.6) is 0 Å². The standard InChI is InChI=1S/C14H15ClS/c1-9-6-10(2)13(11(3)7-9)14(15)12-4-5-16-8-12/h4-8,14H,1-3H3. The van der Waals surface area contributed by atoms with Crippen LogP contribution < -0.4 is 0 Å². The molecular formula is C14H15ClS. The first-order valence-electron chi connectivity index (χ1n) is 5.33. The third-order valence-electron chi connectivity index (χ3n) is 2.83. The van der Waals surface area contributed by atoms with Gasteiger partial charge in [-0.15, -0.1) is 11.6 Å². The number of benzene rings is 1. The number of aryl methyl sites for hydroxylation is 3. The molecule has 0 N–H and O–H groups in total. The van der Waals surface area contributed by atoms with Gasteiger partial charge in [0.05, 0.1) is 5.38 Å². The van der Waals surface area contributed by atoms with Gasteiger partial charge >= 0.3 is 0 Å².